The first-order valence-corrected chi connectivity index (χ1v) is 9.08. The average molecular weight is 323 g/mol. The molecular formula is C15H18FN3O2S. The summed E-state index contributed by atoms with van der Waals surface area (Å²) in [7, 11) is -3.22. The van der Waals surface area contributed by atoms with Gasteiger partial charge in [-0.15, -0.1) is 0 Å². The van der Waals surface area contributed by atoms with Gasteiger partial charge in [0.2, 0.25) is 10.0 Å². The minimum Gasteiger partial charge on any atom is -0.369 e. The molecule has 2 heterocycles. The number of fused-ring (bicyclic) bond motifs is 1. The number of hydrogen-bond donors (Lipinski definition) is 1. The van der Waals surface area contributed by atoms with Gasteiger partial charge in [-0.3, -0.25) is 4.98 Å². The molecule has 1 saturated heterocycles. The Morgan fingerprint density at radius 1 is 1.36 bits per heavy atom. The van der Waals surface area contributed by atoms with Crippen molar-refractivity contribution >= 4 is 26.6 Å². The van der Waals surface area contributed by atoms with E-state index in [9.17, 15) is 12.8 Å². The number of anilines is 1. The van der Waals surface area contributed by atoms with Gasteiger partial charge in [-0.05, 0) is 31.0 Å². The maximum Gasteiger partial charge on any atom is 0.209 e. The van der Waals surface area contributed by atoms with Crippen LogP contribution in [0, 0.1) is 5.82 Å². The van der Waals surface area contributed by atoms with E-state index < -0.39 is 10.0 Å². The lowest BCUT2D eigenvalue weighted by Crippen LogP contribution is -2.47. The molecule has 0 saturated carbocycles. The Hall–Kier alpha value is -1.73. The number of nitrogens with zero attached hydrogens (tertiary/aromatic N) is 2. The summed E-state index contributed by atoms with van der Waals surface area (Å²) >= 11 is 0. The molecule has 0 radical (unpaired) electrons. The van der Waals surface area contributed by atoms with E-state index in [1.54, 1.807) is 12.3 Å². The Balaban J connectivity index is 1.90. The predicted octanol–water partition coefficient (Wildman–Crippen LogP) is 1.89. The molecule has 118 valence electrons. The number of rotatable bonds is 3. The lowest BCUT2D eigenvalue weighted by Gasteiger charge is -2.35. The average Bonchev–Trinajstić information content (AvgIpc) is 2.44. The number of aromatic nitrogens is 1. The van der Waals surface area contributed by atoms with Gasteiger partial charge in [-0.2, -0.15) is 0 Å². The maximum atomic E-state index is 13.3. The Labute approximate surface area is 129 Å². The summed E-state index contributed by atoms with van der Waals surface area (Å²) in [4.78, 5) is 6.33. The number of nitrogens with one attached hydrogen (secondary N) is 1. The number of pyridine rings is 1. The Morgan fingerprint density at radius 2 is 2.18 bits per heavy atom. The second kappa shape index (κ2) is 5.81. The van der Waals surface area contributed by atoms with Gasteiger partial charge in [-0.25, -0.2) is 17.5 Å². The first-order valence-electron chi connectivity index (χ1n) is 7.19. The Kier molecular flexibility index (Phi) is 4.01. The normalized spacial score (nSPS) is 19.5. The smallest absolute Gasteiger partial charge is 0.209 e. The Bertz CT molecular complexity index is 794. The van der Waals surface area contributed by atoms with Crippen molar-refractivity contribution in [2.45, 2.75) is 18.9 Å². The van der Waals surface area contributed by atoms with Gasteiger partial charge >= 0.3 is 0 Å². The molecule has 2 aromatic rings. The lowest BCUT2D eigenvalue weighted by molar-refractivity contribution is 0.468. The van der Waals surface area contributed by atoms with E-state index in [0.717, 1.165) is 30.5 Å². The SMILES string of the molecule is CS(=O)(=O)N[C@@H]1CCCN(c2ccnc3cc(F)ccc23)C1. The van der Waals surface area contributed by atoms with Crippen molar-refractivity contribution in [1.82, 2.24) is 9.71 Å². The molecule has 0 amide bonds. The van der Waals surface area contributed by atoms with Gasteiger partial charge in [-0.1, -0.05) is 0 Å². The van der Waals surface area contributed by atoms with Gasteiger partial charge in [0.25, 0.3) is 0 Å². The van der Waals surface area contributed by atoms with Gasteiger partial charge in [0.1, 0.15) is 5.82 Å². The first kappa shape index (κ1) is 15.2. The highest BCUT2D eigenvalue weighted by Gasteiger charge is 2.23. The third-order valence-corrected chi connectivity index (χ3v) is 4.59. The molecule has 1 aliphatic rings. The maximum absolute atomic E-state index is 13.3. The summed E-state index contributed by atoms with van der Waals surface area (Å²) in [6, 6.07) is 6.34. The second-order valence-corrected chi connectivity index (χ2v) is 7.45. The van der Waals surface area contributed by atoms with Crippen molar-refractivity contribution in [3.63, 3.8) is 0 Å². The summed E-state index contributed by atoms with van der Waals surface area (Å²) in [5, 5.41) is 0.879. The van der Waals surface area contributed by atoms with E-state index >= 15 is 0 Å². The summed E-state index contributed by atoms with van der Waals surface area (Å²) in [6.45, 7) is 1.45. The zero-order valence-corrected chi connectivity index (χ0v) is 13.1. The van der Waals surface area contributed by atoms with Crippen LogP contribution in [0.3, 0.4) is 0 Å². The number of benzene rings is 1. The highest BCUT2D eigenvalue weighted by atomic mass is 32.2. The first-order chi connectivity index (χ1) is 10.4. The highest BCUT2D eigenvalue weighted by molar-refractivity contribution is 7.88. The molecule has 0 bridgehead atoms. The number of halogens is 1. The van der Waals surface area contributed by atoms with E-state index in [1.807, 2.05) is 6.07 Å². The summed E-state index contributed by atoms with van der Waals surface area (Å²) in [6.07, 6.45) is 4.56. The summed E-state index contributed by atoms with van der Waals surface area (Å²) < 4.78 is 38.8. The van der Waals surface area contributed by atoms with Crippen molar-refractivity contribution in [2.75, 3.05) is 24.2 Å². The molecule has 0 aliphatic carbocycles. The van der Waals surface area contributed by atoms with Crippen LogP contribution in [0.25, 0.3) is 10.9 Å². The molecular weight excluding hydrogens is 305 g/mol. The van der Waals surface area contributed by atoms with E-state index in [1.165, 1.54) is 18.4 Å². The van der Waals surface area contributed by atoms with Gasteiger partial charge in [0, 0.05) is 42.5 Å². The fourth-order valence-electron chi connectivity index (χ4n) is 2.98. The summed E-state index contributed by atoms with van der Waals surface area (Å²) in [5.74, 6) is -0.313. The van der Waals surface area contributed by atoms with Crippen LogP contribution in [0.2, 0.25) is 0 Å². The van der Waals surface area contributed by atoms with E-state index in [2.05, 4.69) is 14.6 Å². The standard InChI is InChI=1S/C15H18FN3O2S/c1-22(20,21)18-12-3-2-8-19(10-12)15-6-7-17-14-9-11(16)4-5-13(14)15/h4-7,9,12,18H,2-3,8,10H2,1H3/t12-/m1/s1. The molecule has 5 nitrogen and oxygen atoms in total. The van der Waals surface area contributed by atoms with E-state index in [4.69, 9.17) is 0 Å². The Morgan fingerprint density at radius 3 is 2.95 bits per heavy atom. The molecule has 1 fully saturated rings. The van der Waals surface area contributed by atoms with E-state index in [0.29, 0.717) is 12.1 Å². The van der Waals surface area contributed by atoms with Crippen molar-refractivity contribution in [3.05, 3.63) is 36.3 Å². The fraction of sp³-hybridized carbons (Fsp3) is 0.400. The summed E-state index contributed by atoms with van der Waals surface area (Å²) in [5.41, 5.74) is 1.57. The van der Waals surface area contributed by atoms with Crippen LogP contribution in [0.1, 0.15) is 12.8 Å². The molecule has 1 N–H and O–H groups in total. The third-order valence-electron chi connectivity index (χ3n) is 3.82. The zero-order valence-electron chi connectivity index (χ0n) is 12.3. The van der Waals surface area contributed by atoms with Crippen molar-refractivity contribution in [3.8, 4) is 0 Å². The molecule has 0 spiro atoms. The van der Waals surface area contributed by atoms with Crippen LogP contribution in [0.4, 0.5) is 10.1 Å². The molecule has 1 aromatic carbocycles. The van der Waals surface area contributed by atoms with Crippen LogP contribution >= 0.6 is 0 Å². The van der Waals surface area contributed by atoms with Crippen LogP contribution in [0.5, 0.6) is 0 Å². The lowest BCUT2D eigenvalue weighted by atomic mass is 10.0. The topological polar surface area (TPSA) is 62.3 Å². The molecule has 3 rings (SSSR count). The second-order valence-electron chi connectivity index (χ2n) is 5.67. The van der Waals surface area contributed by atoms with Crippen molar-refractivity contribution in [1.29, 1.82) is 0 Å². The molecule has 1 aromatic heterocycles. The molecule has 1 atom stereocenters. The van der Waals surface area contributed by atoms with Gasteiger partial charge < -0.3 is 4.90 Å². The van der Waals surface area contributed by atoms with Gasteiger partial charge in [0.05, 0.1) is 11.8 Å². The fourth-order valence-corrected chi connectivity index (χ4v) is 3.77. The monoisotopic (exact) mass is 323 g/mol. The molecule has 0 unspecified atom stereocenters. The van der Waals surface area contributed by atoms with Crippen LogP contribution < -0.4 is 9.62 Å². The number of sulfonamides is 1. The van der Waals surface area contributed by atoms with Crippen molar-refractivity contribution < 1.29 is 12.8 Å². The van der Waals surface area contributed by atoms with Crippen LogP contribution in [0.15, 0.2) is 30.5 Å². The van der Waals surface area contributed by atoms with E-state index in [-0.39, 0.29) is 11.9 Å². The minimum absolute atomic E-state index is 0.104. The van der Waals surface area contributed by atoms with Crippen molar-refractivity contribution in [2.24, 2.45) is 0 Å². The molecule has 7 heteroatoms. The van der Waals surface area contributed by atoms with Gasteiger partial charge in [0.15, 0.2) is 0 Å². The largest absolute Gasteiger partial charge is 0.369 e. The minimum atomic E-state index is -3.22. The molecule has 1 aliphatic heterocycles. The molecule has 22 heavy (non-hydrogen) atoms. The number of hydrogen-bond acceptors (Lipinski definition) is 4. The van der Waals surface area contributed by atoms with Crippen LogP contribution in [-0.4, -0.2) is 38.8 Å². The zero-order chi connectivity index (χ0) is 15.7. The highest BCUT2D eigenvalue weighted by Crippen LogP contribution is 2.28. The predicted molar refractivity (Wildman–Crippen MR) is 84.9 cm³/mol. The quantitative estimate of drug-likeness (QED) is 0.937. The number of piperidine rings is 1. The van der Waals surface area contributed by atoms with Crippen LogP contribution in [-0.2, 0) is 10.0 Å². The third kappa shape index (κ3) is 3.36.